The summed E-state index contributed by atoms with van der Waals surface area (Å²) in [6, 6.07) is 0.503. The Labute approximate surface area is 189 Å². The highest BCUT2D eigenvalue weighted by atomic mass is 16.2. The molecule has 2 saturated heterocycles. The zero-order chi connectivity index (χ0) is 22.2. The van der Waals surface area contributed by atoms with E-state index in [1.165, 1.54) is 38.5 Å². The van der Waals surface area contributed by atoms with Crippen LogP contribution in [0.25, 0.3) is 0 Å². The Hall–Kier alpha value is -1.10. The highest BCUT2D eigenvalue weighted by molar-refractivity contribution is 5.82. The lowest BCUT2D eigenvalue weighted by Gasteiger charge is -2.47. The molecule has 2 bridgehead atoms. The Morgan fingerprint density at radius 3 is 2.13 bits per heavy atom. The number of rotatable bonds is 6. The fourth-order valence-electron chi connectivity index (χ4n) is 7.83. The molecule has 4 rings (SSSR count). The summed E-state index contributed by atoms with van der Waals surface area (Å²) in [7, 11) is 3.96. The van der Waals surface area contributed by atoms with Gasteiger partial charge in [-0.05, 0) is 83.2 Å². The van der Waals surface area contributed by atoms with Crippen molar-refractivity contribution in [3.63, 3.8) is 0 Å². The molecule has 2 heterocycles. The molecule has 3 unspecified atom stereocenters. The molecule has 5 heteroatoms. The number of hydrogen-bond donors (Lipinski definition) is 1. The van der Waals surface area contributed by atoms with Crippen molar-refractivity contribution in [2.24, 2.45) is 23.7 Å². The lowest BCUT2D eigenvalue weighted by atomic mass is 9.70. The van der Waals surface area contributed by atoms with Gasteiger partial charge in [0.05, 0.1) is 18.1 Å². The molecule has 0 radical (unpaired) electrons. The fourth-order valence-corrected chi connectivity index (χ4v) is 7.83. The van der Waals surface area contributed by atoms with E-state index in [4.69, 9.17) is 0 Å². The van der Waals surface area contributed by atoms with E-state index in [1.807, 2.05) is 19.0 Å². The third kappa shape index (κ3) is 4.41. The first-order valence-corrected chi connectivity index (χ1v) is 13.1. The second kappa shape index (κ2) is 9.41. The molecule has 0 aromatic carbocycles. The van der Waals surface area contributed by atoms with E-state index in [0.29, 0.717) is 30.3 Å². The molecule has 2 amide bonds. The van der Waals surface area contributed by atoms with Gasteiger partial charge in [-0.1, -0.05) is 39.5 Å². The van der Waals surface area contributed by atoms with Crippen molar-refractivity contribution in [1.82, 2.24) is 15.1 Å². The van der Waals surface area contributed by atoms with Gasteiger partial charge in [-0.25, -0.2) is 0 Å². The van der Waals surface area contributed by atoms with Gasteiger partial charge in [0.15, 0.2) is 0 Å². The van der Waals surface area contributed by atoms with E-state index in [1.54, 1.807) is 0 Å². The molecule has 0 aromatic rings. The van der Waals surface area contributed by atoms with Gasteiger partial charge >= 0.3 is 0 Å². The van der Waals surface area contributed by atoms with Crippen LogP contribution in [0, 0.1) is 23.7 Å². The van der Waals surface area contributed by atoms with Crippen molar-refractivity contribution in [3.05, 3.63) is 0 Å². The smallest absolute Gasteiger partial charge is 0.237 e. The first kappa shape index (κ1) is 23.1. The van der Waals surface area contributed by atoms with E-state index < -0.39 is 0 Å². The molecule has 0 spiro atoms. The second-order valence-electron chi connectivity index (χ2n) is 11.6. The molecule has 31 heavy (non-hydrogen) atoms. The zero-order valence-corrected chi connectivity index (χ0v) is 20.4. The molecule has 4 fully saturated rings. The first-order chi connectivity index (χ1) is 14.8. The summed E-state index contributed by atoms with van der Waals surface area (Å²) in [5.74, 6) is 2.10. The van der Waals surface area contributed by atoms with Crippen LogP contribution in [0.5, 0.6) is 0 Å². The third-order valence-electron chi connectivity index (χ3n) is 9.23. The number of carbonyl (C=O) groups is 2. The summed E-state index contributed by atoms with van der Waals surface area (Å²) in [5, 5.41) is 3.67. The first-order valence-electron chi connectivity index (χ1n) is 13.1. The van der Waals surface area contributed by atoms with Crippen LogP contribution < -0.4 is 5.32 Å². The maximum absolute atomic E-state index is 13.7. The van der Waals surface area contributed by atoms with Gasteiger partial charge in [-0.15, -0.1) is 0 Å². The minimum Gasteiger partial charge on any atom is -0.350 e. The Morgan fingerprint density at radius 2 is 1.55 bits per heavy atom. The van der Waals surface area contributed by atoms with Crippen molar-refractivity contribution in [1.29, 1.82) is 0 Å². The molecule has 4 aliphatic rings. The minimum absolute atomic E-state index is 0.125. The average molecular weight is 432 g/mol. The van der Waals surface area contributed by atoms with Crippen LogP contribution in [-0.2, 0) is 9.59 Å². The summed E-state index contributed by atoms with van der Waals surface area (Å²) >= 11 is 0. The van der Waals surface area contributed by atoms with Crippen LogP contribution in [0.1, 0.15) is 90.9 Å². The summed E-state index contributed by atoms with van der Waals surface area (Å²) < 4.78 is 0. The molecule has 3 atom stereocenters. The van der Waals surface area contributed by atoms with Crippen LogP contribution in [0.15, 0.2) is 0 Å². The van der Waals surface area contributed by atoms with Crippen LogP contribution in [0.3, 0.4) is 0 Å². The molecule has 5 nitrogen and oxygen atoms in total. The van der Waals surface area contributed by atoms with E-state index >= 15 is 0 Å². The predicted molar refractivity (Wildman–Crippen MR) is 125 cm³/mol. The summed E-state index contributed by atoms with van der Waals surface area (Å²) in [6.07, 6.45) is 14.1. The van der Waals surface area contributed by atoms with Crippen LogP contribution >= 0.6 is 0 Å². The standard InChI is InChI=1S/C26H45N3O2/c1-18-9-8-10-19(2)23(18)25(31)27-24(20-11-6-5-7-12-20)26-15-13-21(14-16-26)29(26)22(30)17-28(3)4/h18-21,23-24H,5-17H2,1-4H3,(H,27,31). The van der Waals surface area contributed by atoms with E-state index in [-0.39, 0.29) is 29.3 Å². The van der Waals surface area contributed by atoms with E-state index in [2.05, 4.69) is 24.1 Å². The van der Waals surface area contributed by atoms with Gasteiger partial charge in [0.1, 0.15) is 0 Å². The second-order valence-corrected chi connectivity index (χ2v) is 11.6. The van der Waals surface area contributed by atoms with Gasteiger partial charge in [-0.2, -0.15) is 0 Å². The van der Waals surface area contributed by atoms with Gasteiger partial charge in [-0.3, -0.25) is 9.59 Å². The number of fused-ring (bicyclic) bond motifs is 2. The SMILES string of the molecule is CC1CCCC(C)C1C(=O)NC(C1CCCCC1)C12CCC(CC1)N2C(=O)CN(C)C. The van der Waals surface area contributed by atoms with Crippen molar-refractivity contribution in [2.45, 2.75) is 109 Å². The Balaban J connectivity index is 1.61. The predicted octanol–water partition coefficient (Wildman–Crippen LogP) is 4.21. The number of likely N-dealkylation sites (N-methyl/N-ethyl adjacent to an activating group) is 1. The Morgan fingerprint density at radius 1 is 0.935 bits per heavy atom. The fraction of sp³-hybridized carbons (Fsp3) is 0.923. The normalized spacial score (nSPS) is 37.3. The molecule has 2 saturated carbocycles. The third-order valence-corrected chi connectivity index (χ3v) is 9.23. The van der Waals surface area contributed by atoms with E-state index in [9.17, 15) is 9.59 Å². The monoisotopic (exact) mass is 431 g/mol. The number of nitrogens with one attached hydrogen (secondary N) is 1. The average Bonchev–Trinajstić information content (AvgIpc) is 3.28. The lowest BCUT2D eigenvalue weighted by Crippen LogP contribution is -2.64. The number of carbonyl (C=O) groups excluding carboxylic acids is 2. The molecular weight excluding hydrogens is 386 g/mol. The molecule has 2 aliphatic carbocycles. The van der Waals surface area contributed by atoms with Crippen molar-refractivity contribution in [2.75, 3.05) is 20.6 Å². The van der Waals surface area contributed by atoms with Crippen LogP contribution in [-0.4, -0.2) is 59.9 Å². The van der Waals surface area contributed by atoms with Gasteiger partial charge < -0.3 is 15.1 Å². The minimum atomic E-state index is -0.156. The van der Waals surface area contributed by atoms with Crippen molar-refractivity contribution < 1.29 is 9.59 Å². The van der Waals surface area contributed by atoms with Gasteiger partial charge in [0.25, 0.3) is 0 Å². The summed E-state index contributed by atoms with van der Waals surface area (Å²) in [4.78, 5) is 31.4. The molecule has 0 aromatic heterocycles. The lowest BCUT2D eigenvalue weighted by molar-refractivity contribution is -0.140. The number of amides is 2. The van der Waals surface area contributed by atoms with Crippen molar-refractivity contribution >= 4 is 11.8 Å². The molecule has 176 valence electrons. The highest BCUT2D eigenvalue weighted by Crippen LogP contribution is 2.51. The highest BCUT2D eigenvalue weighted by Gasteiger charge is 2.59. The topological polar surface area (TPSA) is 52.7 Å². The van der Waals surface area contributed by atoms with Gasteiger partial charge in [0.2, 0.25) is 11.8 Å². The van der Waals surface area contributed by atoms with Crippen molar-refractivity contribution in [3.8, 4) is 0 Å². The molecular formula is C26H45N3O2. The van der Waals surface area contributed by atoms with Crippen LogP contribution in [0.2, 0.25) is 0 Å². The number of nitrogens with zero attached hydrogens (tertiary/aromatic N) is 2. The summed E-state index contributed by atoms with van der Waals surface area (Å²) in [5.41, 5.74) is -0.156. The van der Waals surface area contributed by atoms with Crippen LogP contribution in [0.4, 0.5) is 0 Å². The summed E-state index contributed by atoms with van der Waals surface area (Å²) in [6.45, 7) is 5.00. The maximum atomic E-state index is 13.7. The Bertz CT molecular complexity index is 639. The molecule has 2 aliphatic heterocycles. The quantitative estimate of drug-likeness (QED) is 0.685. The van der Waals surface area contributed by atoms with Gasteiger partial charge in [0, 0.05) is 12.0 Å². The van der Waals surface area contributed by atoms with E-state index in [0.717, 1.165) is 38.5 Å². The maximum Gasteiger partial charge on any atom is 0.237 e. The largest absolute Gasteiger partial charge is 0.350 e. The molecule has 1 N–H and O–H groups in total. The number of hydrogen-bond acceptors (Lipinski definition) is 3. The Kier molecular flexibility index (Phi) is 7.00. The zero-order valence-electron chi connectivity index (χ0n) is 20.4.